The third-order valence-electron chi connectivity index (χ3n) is 4.16. The fraction of sp³-hybridized carbons (Fsp3) is 0.105. The lowest BCUT2D eigenvalue weighted by molar-refractivity contribution is 0.626. The van der Waals surface area contributed by atoms with Gasteiger partial charge in [0.1, 0.15) is 5.82 Å². The first kappa shape index (κ1) is 18.3. The van der Waals surface area contributed by atoms with Crippen molar-refractivity contribution in [1.82, 2.24) is 30.1 Å². The highest BCUT2D eigenvalue weighted by Crippen LogP contribution is 2.22. The number of nitrogen functional groups attached to an aromatic ring is 1. The number of H-pyrrole nitrogens is 1. The fourth-order valence-corrected chi connectivity index (χ4v) is 2.71. The third-order valence-corrected chi connectivity index (χ3v) is 4.16. The van der Waals surface area contributed by atoms with Crippen molar-refractivity contribution in [3.63, 3.8) is 0 Å². The van der Waals surface area contributed by atoms with Crippen LogP contribution in [0.15, 0.2) is 54.9 Å². The molecule has 9 nitrogen and oxygen atoms in total. The van der Waals surface area contributed by atoms with Crippen molar-refractivity contribution in [3.05, 3.63) is 66.2 Å². The van der Waals surface area contributed by atoms with Crippen molar-refractivity contribution >= 4 is 23.7 Å². The van der Waals surface area contributed by atoms with Crippen LogP contribution in [0.5, 0.6) is 0 Å². The Morgan fingerprint density at radius 3 is 2.62 bits per heavy atom. The number of halogens is 1. The highest BCUT2D eigenvalue weighted by molar-refractivity contribution is 5.63. The zero-order valence-corrected chi connectivity index (χ0v) is 15.5. The van der Waals surface area contributed by atoms with Gasteiger partial charge in [0.05, 0.1) is 11.7 Å². The molecule has 3 aromatic heterocycles. The van der Waals surface area contributed by atoms with Crippen molar-refractivity contribution in [2.45, 2.75) is 13.0 Å². The van der Waals surface area contributed by atoms with Crippen LogP contribution in [0.2, 0.25) is 0 Å². The van der Waals surface area contributed by atoms with Gasteiger partial charge in [0, 0.05) is 24.0 Å². The number of rotatable bonds is 6. The highest BCUT2D eigenvalue weighted by Gasteiger charge is 2.11. The summed E-state index contributed by atoms with van der Waals surface area (Å²) < 4.78 is 13.1. The monoisotopic (exact) mass is 391 g/mol. The Balaban J connectivity index is 1.50. The Morgan fingerprint density at radius 1 is 1.07 bits per heavy atom. The van der Waals surface area contributed by atoms with Crippen molar-refractivity contribution in [1.29, 1.82) is 0 Å². The first-order valence-corrected chi connectivity index (χ1v) is 8.83. The standard InChI is InChI=1S/C19H18FN9/c1-11(12-4-6-14(20)7-5-12)23-18-25-17(21)26-19(27-18)24-16-9-15(28-29-16)13-3-2-8-22-10-13/h2-11H,1H3,(H5,21,23,24,25,26,27,28,29). The van der Waals surface area contributed by atoms with E-state index >= 15 is 0 Å². The van der Waals surface area contributed by atoms with E-state index in [0.29, 0.717) is 11.8 Å². The Hall–Kier alpha value is -4.08. The number of nitrogens with one attached hydrogen (secondary N) is 3. The Kier molecular flexibility index (Phi) is 4.97. The number of hydrogen-bond donors (Lipinski definition) is 4. The summed E-state index contributed by atoms with van der Waals surface area (Å²) in [6, 6.07) is 11.6. The van der Waals surface area contributed by atoms with Gasteiger partial charge in [-0.2, -0.15) is 20.1 Å². The van der Waals surface area contributed by atoms with Crippen molar-refractivity contribution in [2.24, 2.45) is 0 Å². The van der Waals surface area contributed by atoms with Gasteiger partial charge in [-0.15, -0.1) is 0 Å². The molecule has 0 aliphatic rings. The average Bonchev–Trinajstić information content (AvgIpc) is 3.17. The summed E-state index contributed by atoms with van der Waals surface area (Å²) >= 11 is 0. The van der Waals surface area contributed by atoms with Crippen LogP contribution < -0.4 is 16.4 Å². The number of nitrogens with zero attached hydrogens (tertiary/aromatic N) is 5. The Bertz CT molecular complexity index is 1100. The number of aromatic nitrogens is 6. The Labute approximate surface area is 165 Å². The van der Waals surface area contributed by atoms with Crippen LogP contribution in [0.25, 0.3) is 11.3 Å². The summed E-state index contributed by atoms with van der Waals surface area (Å²) in [5.41, 5.74) is 8.40. The van der Waals surface area contributed by atoms with Gasteiger partial charge in [0.25, 0.3) is 0 Å². The van der Waals surface area contributed by atoms with Gasteiger partial charge in [0.2, 0.25) is 17.8 Å². The number of hydrogen-bond acceptors (Lipinski definition) is 8. The van der Waals surface area contributed by atoms with E-state index in [4.69, 9.17) is 5.73 Å². The summed E-state index contributed by atoms with van der Waals surface area (Å²) in [6.45, 7) is 1.91. The molecule has 0 bridgehead atoms. The summed E-state index contributed by atoms with van der Waals surface area (Å²) in [5, 5.41) is 13.3. The molecule has 4 rings (SSSR count). The molecule has 146 valence electrons. The molecule has 1 unspecified atom stereocenters. The van der Waals surface area contributed by atoms with Crippen LogP contribution in [-0.2, 0) is 0 Å². The van der Waals surface area contributed by atoms with Crippen molar-refractivity contribution in [2.75, 3.05) is 16.4 Å². The molecule has 0 saturated heterocycles. The molecule has 1 atom stereocenters. The molecule has 0 spiro atoms. The largest absolute Gasteiger partial charge is 0.368 e. The first-order chi connectivity index (χ1) is 14.1. The van der Waals surface area contributed by atoms with E-state index in [1.54, 1.807) is 24.5 Å². The number of anilines is 4. The van der Waals surface area contributed by atoms with Gasteiger partial charge in [-0.3, -0.25) is 10.1 Å². The molecule has 4 aromatic rings. The van der Waals surface area contributed by atoms with Crippen molar-refractivity contribution < 1.29 is 4.39 Å². The maximum atomic E-state index is 13.1. The van der Waals surface area contributed by atoms with Gasteiger partial charge in [-0.1, -0.05) is 12.1 Å². The predicted molar refractivity (Wildman–Crippen MR) is 108 cm³/mol. The molecule has 0 aliphatic carbocycles. The maximum absolute atomic E-state index is 13.1. The van der Waals surface area contributed by atoms with Crippen LogP contribution in [0.4, 0.5) is 28.1 Å². The van der Waals surface area contributed by atoms with Crippen LogP contribution in [0, 0.1) is 5.82 Å². The fourth-order valence-electron chi connectivity index (χ4n) is 2.71. The lowest BCUT2D eigenvalue weighted by Crippen LogP contribution is -2.12. The minimum absolute atomic E-state index is 0.0549. The summed E-state index contributed by atoms with van der Waals surface area (Å²) in [6.07, 6.45) is 3.44. The summed E-state index contributed by atoms with van der Waals surface area (Å²) in [5.74, 6) is 0.822. The first-order valence-electron chi connectivity index (χ1n) is 8.83. The SMILES string of the molecule is CC(Nc1nc(N)nc(Nc2cc(-c3cccnc3)[nH]n2)n1)c1ccc(F)cc1. The molecule has 0 saturated carbocycles. The van der Waals surface area contributed by atoms with E-state index in [1.165, 1.54) is 12.1 Å². The second kappa shape index (κ2) is 7.89. The molecule has 10 heteroatoms. The van der Waals surface area contributed by atoms with Crippen molar-refractivity contribution in [3.8, 4) is 11.3 Å². The molecular weight excluding hydrogens is 373 g/mol. The smallest absolute Gasteiger partial charge is 0.235 e. The van der Waals surface area contributed by atoms with Gasteiger partial charge in [-0.05, 0) is 36.8 Å². The van der Waals surface area contributed by atoms with E-state index in [-0.39, 0.29) is 23.8 Å². The van der Waals surface area contributed by atoms with Gasteiger partial charge >= 0.3 is 0 Å². The minimum atomic E-state index is -0.290. The maximum Gasteiger partial charge on any atom is 0.235 e. The van der Waals surface area contributed by atoms with E-state index in [1.807, 2.05) is 25.1 Å². The average molecular weight is 391 g/mol. The van der Waals surface area contributed by atoms with Crippen LogP contribution >= 0.6 is 0 Å². The molecular formula is C19H18FN9. The second-order valence-corrected chi connectivity index (χ2v) is 6.29. The van der Waals surface area contributed by atoms with Crippen LogP contribution in [-0.4, -0.2) is 30.1 Å². The topological polar surface area (TPSA) is 130 Å². The summed E-state index contributed by atoms with van der Waals surface area (Å²) in [4.78, 5) is 16.6. The quantitative estimate of drug-likeness (QED) is 0.394. The number of nitrogens with two attached hydrogens (primary N) is 1. The molecule has 0 amide bonds. The van der Waals surface area contributed by atoms with Crippen LogP contribution in [0.3, 0.4) is 0 Å². The zero-order valence-electron chi connectivity index (χ0n) is 15.5. The normalized spacial score (nSPS) is 11.8. The van der Waals surface area contributed by atoms with Gasteiger partial charge in [0.15, 0.2) is 5.82 Å². The van der Waals surface area contributed by atoms with Crippen LogP contribution in [0.1, 0.15) is 18.5 Å². The highest BCUT2D eigenvalue weighted by atomic mass is 19.1. The predicted octanol–water partition coefficient (Wildman–Crippen LogP) is 3.29. The lowest BCUT2D eigenvalue weighted by atomic mass is 10.1. The van der Waals surface area contributed by atoms with E-state index in [2.05, 4.69) is 40.8 Å². The number of pyridine rings is 1. The molecule has 29 heavy (non-hydrogen) atoms. The van der Waals surface area contributed by atoms with Gasteiger partial charge < -0.3 is 16.4 Å². The molecule has 5 N–H and O–H groups in total. The van der Waals surface area contributed by atoms with E-state index in [0.717, 1.165) is 16.8 Å². The minimum Gasteiger partial charge on any atom is -0.368 e. The molecule has 3 heterocycles. The molecule has 0 aliphatic heterocycles. The number of benzene rings is 1. The lowest BCUT2D eigenvalue weighted by Gasteiger charge is -2.14. The Morgan fingerprint density at radius 2 is 1.86 bits per heavy atom. The van der Waals surface area contributed by atoms with Gasteiger partial charge in [-0.25, -0.2) is 4.39 Å². The molecule has 0 radical (unpaired) electrons. The zero-order chi connectivity index (χ0) is 20.2. The van der Waals surface area contributed by atoms with E-state index < -0.39 is 0 Å². The summed E-state index contributed by atoms with van der Waals surface area (Å²) in [7, 11) is 0. The molecule has 0 fully saturated rings. The number of aromatic amines is 1. The molecule has 1 aromatic carbocycles. The third kappa shape index (κ3) is 4.43. The van der Waals surface area contributed by atoms with E-state index in [9.17, 15) is 4.39 Å². The second-order valence-electron chi connectivity index (χ2n) is 6.29.